The molecule has 0 aliphatic rings. The van der Waals surface area contributed by atoms with Crippen LogP contribution in [0.4, 0.5) is 5.82 Å². The predicted octanol–water partition coefficient (Wildman–Crippen LogP) is 2.58. The third kappa shape index (κ3) is 3.43. The number of aromatic nitrogens is 6. The summed E-state index contributed by atoms with van der Waals surface area (Å²) in [5, 5.41) is 6.63. The maximum atomic E-state index is 12.5. The molecule has 0 fully saturated rings. The molecule has 0 bridgehead atoms. The van der Waals surface area contributed by atoms with Crippen molar-refractivity contribution in [1.82, 2.24) is 29.7 Å². The average Bonchev–Trinajstić information content (AvgIpc) is 3.30. The fourth-order valence-electron chi connectivity index (χ4n) is 2.54. The molecule has 1 aromatic carbocycles. The second-order valence-corrected chi connectivity index (χ2v) is 5.77. The molecule has 0 radical (unpaired) electrons. The molecule has 1 amide bonds. The normalized spacial score (nSPS) is 10.7. The lowest BCUT2D eigenvalue weighted by Crippen LogP contribution is -2.13. The van der Waals surface area contributed by atoms with Gasteiger partial charge in [-0.1, -0.05) is 17.3 Å². The van der Waals surface area contributed by atoms with Crippen molar-refractivity contribution in [3.63, 3.8) is 0 Å². The van der Waals surface area contributed by atoms with E-state index in [1.807, 2.05) is 6.92 Å². The highest BCUT2D eigenvalue weighted by Gasteiger charge is 2.11. The SMILES string of the molecule is Cc1nc(-c2ccc(C(=O)Nc3cc(-n4ccnc4C)ncn3)cc2)no1. The number of rotatable bonds is 4. The van der Waals surface area contributed by atoms with Crippen LogP contribution in [0.15, 0.2) is 53.6 Å². The van der Waals surface area contributed by atoms with E-state index in [1.165, 1.54) is 6.33 Å². The molecule has 1 N–H and O–H groups in total. The van der Waals surface area contributed by atoms with Gasteiger partial charge in [-0.25, -0.2) is 15.0 Å². The van der Waals surface area contributed by atoms with Crippen molar-refractivity contribution in [1.29, 1.82) is 0 Å². The Labute approximate surface area is 154 Å². The molecule has 4 aromatic rings. The first kappa shape index (κ1) is 16.6. The lowest BCUT2D eigenvalue weighted by atomic mass is 10.1. The van der Waals surface area contributed by atoms with E-state index >= 15 is 0 Å². The van der Waals surface area contributed by atoms with Gasteiger partial charge < -0.3 is 9.84 Å². The summed E-state index contributed by atoms with van der Waals surface area (Å²) in [7, 11) is 0. The maximum Gasteiger partial charge on any atom is 0.256 e. The van der Waals surface area contributed by atoms with Gasteiger partial charge in [-0.15, -0.1) is 0 Å². The molecule has 0 unspecified atom stereocenters. The van der Waals surface area contributed by atoms with Crippen molar-refractivity contribution in [2.24, 2.45) is 0 Å². The van der Waals surface area contributed by atoms with Gasteiger partial charge in [-0.05, 0) is 19.1 Å². The summed E-state index contributed by atoms with van der Waals surface area (Å²) >= 11 is 0. The number of hydrogen-bond donors (Lipinski definition) is 1. The molecule has 9 heteroatoms. The topological polar surface area (TPSA) is 112 Å². The molecule has 0 aliphatic heterocycles. The molecule has 0 saturated heterocycles. The number of nitrogens with zero attached hydrogens (tertiary/aromatic N) is 6. The lowest BCUT2D eigenvalue weighted by Gasteiger charge is -2.07. The molecule has 9 nitrogen and oxygen atoms in total. The Morgan fingerprint density at radius 3 is 2.59 bits per heavy atom. The van der Waals surface area contributed by atoms with Crippen LogP contribution in [-0.4, -0.2) is 35.6 Å². The average molecular weight is 361 g/mol. The number of aryl methyl sites for hydroxylation is 2. The van der Waals surface area contributed by atoms with Crippen LogP contribution in [0, 0.1) is 13.8 Å². The standard InChI is InChI=1S/C18H15N7O2/c1-11-19-7-8-25(11)16-9-15(20-10-21-16)23-18(26)14-5-3-13(4-6-14)17-22-12(2)27-24-17/h3-10H,1-2H3,(H,20,21,23,26). The van der Waals surface area contributed by atoms with Crippen LogP contribution in [0.3, 0.4) is 0 Å². The van der Waals surface area contributed by atoms with Crippen molar-refractivity contribution < 1.29 is 9.32 Å². The summed E-state index contributed by atoms with van der Waals surface area (Å²) in [6, 6.07) is 8.60. The van der Waals surface area contributed by atoms with Gasteiger partial charge in [0, 0.05) is 36.5 Å². The minimum absolute atomic E-state index is 0.280. The van der Waals surface area contributed by atoms with Crippen LogP contribution < -0.4 is 5.32 Å². The van der Waals surface area contributed by atoms with Crippen LogP contribution in [-0.2, 0) is 0 Å². The molecule has 0 spiro atoms. The third-order valence-electron chi connectivity index (χ3n) is 3.90. The zero-order chi connectivity index (χ0) is 18.8. The number of imidazole rings is 1. The van der Waals surface area contributed by atoms with Crippen LogP contribution in [0.1, 0.15) is 22.1 Å². The predicted molar refractivity (Wildman–Crippen MR) is 96.3 cm³/mol. The molecule has 0 saturated carbocycles. The smallest absolute Gasteiger partial charge is 0.256 e. The molecular formula is C18H15N7O2. The van der Waals surface area contributed by atoms with E-state index in [2.05, 4.69) is 30.4 Å². The number of amides is 1. The first-order chi connectivity index (χ1) is 13.1. The highest BCUT2D eigenvalue weighted by molar-refractivity contribution is 6.04. The van der Waals surface area contributed by atoms with Gasteiger partial charge in [0.25, 0.3) is 5.91 Å². The minimum atomic E-state index is -0.280. The fraction of sp³-hybridized carbons (Fsp3) is 0.111. The fourth-order valence-corrected chi connectivity index (χ4v) is 2.54. The van der Waals surface area contributed by atoms with Crippen molar-refractivity contribution in [3.8, 4) is 17.2 Å². The first-order valence-electron chi connectivity index (χ1n) is 8.14. The molecule has 0 atom stereocenters. The highest BCUT2D eigenvalue weighted by atomic mass is 16.5. The van der Waals surface area contributed by atoms with Crippen LogP contribution in [0.25, 0.3) is 17.2 Å². The van der Waals surface area contributed by atoms with Gasteiger partial charge in [0.15, 0.2) is 0 Å². The number of nitrogens with one attached hydrogen (secondary N) is 1. The number of carbonyl (C=O) groups is 1. The zero-order valence-electron chi connectivity index (χ0n) is 14.6. The zero-order valence-corrected chi connectivity index (χ0v) is 14.6. The van der Waals surface area contributed by atoms with E-state index in [9.17, 15) is 4.79 Å². The molecule has 0 aliphatic carbocycles. The van der Waals surface area contributed by atoms with Crippen LogP contribution in [0.5, 0.6) is 0 Å². The summed E-state index contributed by atoms with van der Waals surface area (Å²) in [5.74, 6) is 2.50. The van der Waals surface area contributed by atoms with Crippen molar-refractivity contribution in [2.45, 2.75) is 13.8 Å². The Morgan fingerprint density at radius 1 is 1.11 bits per heavy atom. The first-order valence-corrected chi connectivity index (χ1v) is 8.14. The molecule has 27 heavy (non-hydrogen) atoms. The summed E-state index contributed by atoms with van der Waals surface area (Å²) in [6.45, 7) is 3.59. The minimum Gasteiger partial charge on any atom is -0.339 e. The summed E-state index contributed by atoms with van der Waals surface area (Å²) in [4.78, 5) is 29.1. The molecule has 3 heterocycles. The molecule has 4 rings (SSSR count). The summed E-state index contributed by atoms with van der Waals surface area (Å²) in [5.41, 5.74) is 1.25. The van der Waals surface area contributed by atoms with E-state index in [-0.39, 0.29) is 5.91 Å². The van der Waals surface area contributed by atoms with Gasteiger partial charge in [0.2, 0.25) is 11.7 Å². The van der Waals surface area contributed by atoms with Gasteiger partial charge in [-0.2, -0.15) is 4.98 Å². The molecular weight excluding hydrogens is 346 g/mol. The second-order valence-electron chi connectivity index (χ2n) is 5.77. The molecule has 134 valence electrons. The van der Waals surface area contributed by atoms with Gasteiger partial charge in [0.05, 0.1) is 0 Å². The van der Waals surface area contributed by atoms with E-state index in [0.29, 0.717) is 28.9 Å². The summed E-state index contributed by atoms with van der Waals surface area (Å²) in [6.07, 6.45) is 4.87. The number of benzene rings is 1. The van der Waals surface area contributed by atoms with E-state index < -0.39 is 0 Å². The van der Waals surface area contributed by atoms with Crippen LogP contribution >= 0.6 is 0 Å². The van der Waals surface area contributed by atoms with Crippen molar-refractivity contribution in [3.05, 3.63) is 66.3 Å². The van der Waals surface area contributed by atoms with Gasteiger partial charge >= 0.3 is 0 Å². The lowest BCUT2D eigenvalue weighted by molar-refractivity contribution is 0.102. The van der Waals surface area contributed by atoms with E-state index in [4.69, 9.17) is 4.52 Å². The van der Waals surface area contributed by atoms with E-state index in [0.717, 1.165) is 11.4 Å². The Hall–Kier alpha value is -3.88. The Kier molecular flexibility index (Phi) is 4.17. The quantitative estimate of drug-likeness (QED) is 0.594. The number of hydrogen-bond acceptors (Lipinski definition) is 7. The Balaban J connectivity index is 1.52. The maximum absolute atomic E-state index is 12.5. The van der Waals surface area contributed by atoms with E-state index in [1.54, 1.807) is 54.2 Å². The van der Waals surface area contributed by atoms with Crippen molar-refractivity contribution >= 4 is 11.7 Å². The Bertz CT molecular complexity index is 1100. The Morgan fingerprint density at radius 2 is 1.93 bits per heavy atom. The third-order valence-corrected chi connectivity index (χ3v) is 3.90. The van der Waals surface area contributed by atoms with Crippen molar-refractivity contribution in [2.75, 3.05) is 5.32 Å². The highest BCUT2D eigenvalue weighted by Crippen LogP contribution is 2.17. The summed E-state index contributed by atoms with van der Waals surface area (Å²) < 4.78 is 6.77. The largest absolute Gasteiger partial charge is 0.339 e. The number of anilines is 1. The monoisotopic (exact) mass is 361 g/mol. The van der Waals surface area contributed by atoms with Crippen LogP contribution in [0.2, 0.25) is 0 Å². The van der Waals surface area contributed by atoms with Gasteiger partial charge in [0.1, 0.15) is 23.8 Å². The second kappa shape index (κ2) is 6.79. The number of carbonyl (C=O) groups excluding carboxylic acids is 1. The molecule has 3 aromatic heterocycles. The van der Waals surface area contributed by atoms with Gasteiger partial charge in [-0.3, -0.25) is 9.36 Å².